The van der Waals surface area contributed by atoms with Gasteiger partial charge in [0, 0.05) is 53.0 Å². The molecule has 6 heteroatoms. The zero-order valence-electron chi connectivity index (χ0n) is 30.7. The van der Waals surface area contributed by atoms with Gasteiger partial charge in [0.05, 0.1) is 11.0 Å². The molecule has 2 atom stereocenters. The number of nitrogens with zero attached hydrogens (tertiary/aromatic N) is 2. The average Bonchev–Trinajstić information content (AvgIpc) is 3.96. The second-order valence-electron chi connectivity index (χ2n) is 14.8. The summed E-state index contributed by atoms with van der Waals surface area (Å²) in [4.78, 5) is 5.19. The summed E-state index contributed by atoms with van der Waals surface area (Å²) in [6.07, 6.45) is -0.386. The second-order valence-corrected chi connectivity index (χ2v) is 15.9. The maximum absolute atomic E-state index is 6.69. The largest absolute Gasteiger partial charge is 0.456 e. The first kappa shape index (κ1) is 32.3. The maximum Gasteiger partial charge on any atom is 0.136 e. The number of amidine groups is 1. The number of para-hydroxylation sites is 2. The molecule has 270 valence electrons. The molecule has 3 aromatic heterocycles. The molecule has 0 saturated heterocycles. The zero-order valence-corrected chi connectivity index (χ0v) is 31.5. The van der Waals surface area contributed by atoms with Crippen LogP contribution in [0.2, 0.25) is 0 Å². The first-order valence-electron chi connectivity index (χ1n) is 19.4. The minimum absolute atomic E-state index is 0.110. The van der Waals surface area contributed by atoms with Crippen molar-refractivity contribution in [3.8, 4) is 16.8 Å². The molecule has 0 fully saturated rings. The number of thiophene rings is 1. The van der Waals surface area contributed by atoms with E-state index in [0.717, 1.165) is 44.5 Å². The molecule has 11 aromatic rings. The number of furan rings is 1. The Bertz CT molecular complexity index is 3320. The van der Waals surface area contributed by atoms with E-state index in [1.807, 2.05) is 23.5 Å². The number of aromatic nitrogens is 1. The summed E-state index contributed by atoms with van der Waals surface area (Å²) in [5, 5.41) is 14.7. The molecule has 0 radical (unpaired) electrons. The fourth-order valence-electron chi connectivity index (χ4n) is 8.91. The third kappa shape index (κ3) is 5.15. The highest BCUT2D eigenvalue weighted by Crippen LogP contribution is 2.45. The average molecular weight is 751 g/mol. The molecule has 0 aliphatic carbocycles. The number of aliphatic imine (C=N–C) groups is 1. The summed E-state index contributed by atoms with van der Waals surface area (Å²) in [7, 11) is 0. The van der Waals surface area contributed by atoms with Crippen molar-refractivity contribution in [2.45, 2.75) is 12.3 Å². The molecule has 0 amide bonds. The summed E-state index contributed by atoms with van der Waals surface area (Å²) in [6, 6.07) is 64.9. The van der Waals surface area contributed by atoms with Gasteiger partial charge in [-0.3, -0.25) is 5.32 Å². The van der Waals surface area contributed by atoms with Gasteiger partial charge in [0.25, 0.3) is 0 Å². The van der Waals surface area contributed by atoms with E-state index >= 15 is 0 Å². The third-order valence-electron chi connectivity index (χ3n) is 11.5. The van der Waals surface area contributed by atoms with Crippen molar-refractivity contribution in [3.63, 3.8) is 0 Å². The smallest absolute Gasteiger partial charge is 0.136 e. The standard InChI is InChI=1S/C51H34N4OS/c1-3-13-31(14-4-1)49-52-50(32-15-5-2-6-16-32)54-51(53-49)33-25-27-39-44(29-33)56-43-23-11-19-37(47(39)43)38-20-12-24-45-48(38)40-28-26-34(30-46(40)57-45)55-41-21-9-7-17-35(41)36-18-8-10-22-42(36)55/h1-30,49,51,53H,(H,52,54). The van der Waals surface area contributed by atoms with Crippen molar-refractivity contribution in [1.82, 2.24) is 15.2 Å². The highest BCUT2D eigenvalue weighted by Gasteiger charge is 2.26. The van der Waals surface area contributed by atoms with Gasteiger partial charge < -0.3 is 14.3 Å². The van der Waals surface area contributed by atoms with E-state index < -0.39 is 0 Å². The molecule has 57 heavy (non-hydrogen) atoms. The van der Waals surface area contributed by atoms with Crippen LogP contribution >= 0.6 is 11.3 Å². The number of rotatable bonds is 5. The minimum atomic E-state index is -0.276. The molecule has 2 unspecified atom stereocenters. The summed E-state index contributed by atoms with van der Waals surface area (Å²) in [6.45, 7) is 0. The quantitative estimate of drug-likeness (QED) is 0.184. The topological polar surface area (TPSA) is 54.5 Å². The lowest BCUT2D eigenvalue weighted by Gasteiger charge is -2.32. The van der Waals surface area contributed by atoms with E-state index in [1.165, 1.54) is 58.8 Å². The van der Waals surface area contributed by atoms with Gasteiger partial charge in [0.2, 0.25) is 0 Å². The van der Waals surface area contributed by atoms with Gasteiger partial charge in [-0.1, -0.05) is 140 Å². The van der Waals surface area contributed by atoms with E-state index in [-0.39, 0.29) is 12.3 Å². The third-order valence-corrected chi connectivity index (χ3v) is 12.6. The molecular weight excluding hydrogens is 717 g/mol. The Morgan fingerprint density at radius 1 is 0.509 bits per heavy atom. The Hall–Kier alpha value is -6.99. The predicted molar refractivity (Wildman–Crippen MR) is 238 cm³/mol. The van der Waals surface area contributed by atoms with Crippen LogP contribution in [0.25, 0.3) is 80.7 Å². The van der Waals surface area contributed by atoms with Crippen molar-refractivity contribution >= 4 is 81.1 Å². The lowest BCUT2D eigenvalue weighted by atomic mass is 9.95. The summed E-state index contributed by atoms with van der Waals surface area (Å²) in [5.74, 6) is 0.860. The van der Waals surface area contributed by atoms with Gasteiger partial charge in [0.15, 0.2) is 0 Å². The van der Waals surface area contributed by atoms with Crippen LogP contribution in [0.5, 0.6) is 0 Å². The molecule has 5 nitrogen and oxygen atoms in total. The van der Waals surface area contributed by atoms with Crippen LogP contribution < -0.4 is 10.6 Å². The van der Waals surface area contributed by atoms with Gasteiger partial charge in [-0.2, -0.15) is 0 Å². The molecule has 0 bridgehead atoms. The van der Waals surface area contributed by atoms with Crippen molar-refractivity contribution in [1.29, 1.82) is 0 Å². The molecule has 1 aliphatic rings. The van der Waals surface area contributed by atoms with Crippen molar-refractivity contribution in [2.24, 2.45) is 4.99 Å². The molecule has 8 aromatic carbocycles. The minimum Gasteiger partial charge on any atom is -0.456 e. The normalized spacial score (nSPS) is 15.9. The van der Waals surface area contributed by atoms with E-state index in [0.29, 0.717) is 0 Å². The van der Waals surface area contributed by atoms with Gasteiger partial charge in [0.1, 0.15) is 29.3 Å². The fourth-order valence-corrected chi connectivity index (χ4v) is 10.1. The summed E-state index contributed by atoms with van der Waals surface area (Å²) >= 11 is 1.86. The number of hydrogen-bond donors (Lipinski definition) is 2. The van der Waals surface area contributed by atoms with Gasteiger partial charge >= 0.3 is 0 Å². The van der Waals surface area contributed by atoms with Crippen LogP contribution in [0.1, 0.15) is 29.0 Å². The first-order chi connectivity index (χ1) is 28.2. The van der Waals surface area contributed by atoms with Crippen LogP contribution in [0.3, 0.4) is 0 Å². The molecule has 0 spiro atoms. The van der Waals surface area contributed by atoms with Crippen molar-refractivity contribution < 1.29 is 4.42 Å². The van der Waals surface area contributed by atoms with Crippen LogP contribution in [0.15, 0.2) is 191 Å². The van der Waals surface area contributed by atoms with Crippen LogP contribution in [0.4, 0.5) is 0 Å². The summed E-state index contributed by atoms with van der Waals surface area (Å²) in [5.41, 5.74) is 11.0. The van der Waals surface area contributed by atoms with E-state index in [4.69, 9.17) is 9.41 Å². The van der Waals surface area contributed by atoms with Crippen LogP contribution in [-0.2, 0) is 0 Å². The van der Waals surface area contributed by atoms with E-state index in [1.54, 1.807) is 0 Å². The van der Waals surface area contributed by atoms with Crippen LogP contribution in [-0.4, -0.2) is 10.4 Å². The molecule has 2 N–H and O–H groups in total. The predicted octanol–water partition coefficient (Wildman–Crippen LogP) is 13.1. The number of hydrogen-bond acceptors (Lipinski definition) is 5. The Morgan fingerprint density at radius 3 is 1.98 bits per heavy atom. The number of benzene rings is 8. The van der Waals surface area contributed by atoms with Crippen molar-refractivity contribution in [2.75, 3.05) is 0 Å². The highest BCUT2D eigenvalue weighted by atomic mass is 32.1. The Kier molecular flexibility index (Phi) is 7.24. The Labute approximate surface area is 332 Å². The first-order valence-corrected chi connectivity index (χ1v) is 20.2. The van der Waals surface area contributed by atoms with Gasteiger partial charge in [-0.15, -0.1) is 11.3 Å². The lowest BCUT2D eigenvalue weighted by Crippen LogP contribution is -2.44. The second kappa shape index (κ2) is 12.8. The number of fused-ring (bicyclic) bond motifs is 9. The summed E-state index contributed by atoms with van der Waals surface area (Å²) < 4.78 is 11.6. The fraction of sp³-hybridized carbons (Fsp3) is 0.0392. The monoisotopic (exact) mass is 750 g/mol. The molecule has 1 aliphatic heterocycles. The molecule has 0 saturated carbocycles. The lowest BCUT2D eigenvalue weighted by molar-refractivity contribution is 0.409. The Balaban J connectivity index is 0.976. The van der Waals surface area contributed by atoms with E-state index in [2.05, 4.69) is 185 Å². The zero-order chi connectivity index (χ0) is 37.5. The molecular formula is C51H34N4OS. The maximum atomic E-state index is 6.69. The SMILES string of the molecule is c1ccc(C2=NC(c3ccc4c(c3)oc3cccc(-c5cccc6sc7cc(-n8c9ccccc9c9ccccc98)ccc7c56)c34)NC(c3ccccc3)N2)cc1. The molecule has 12 rings (SSSR count). The molecule has 4 heterocycles. The Morgan fingerprint density at radius 2 is 1.19 bits per heavy atom. The van der Waals surface area contributed by atoms with Crippen molar-refractivity contribution in [3.05, 3.63) is 199 Å². The highest BCUT2D eigenvalue weighted by molar-refractivity contribution is 7.26. The van der Waals surface area contributed by atoms with Gasteiger partial charge in [-0.05, 0) is 64.7 Å². The van der Waals surface area contributed by atoms with Crippen LogP contribution in [0, 0.1) is 0 Å². The van der Waals surface area contributed by atoms with Gasteiger partial charge in [-0.25, -0.2) is 4.99 Å². The number of nitrogens with one attached hydrogen (secondary N) is 2. The van der Waals surface area contributed by atoms with E-state index in [9.17, 15) is 0 Å².